The number of methoxy groups -OCH3 is 1. The predicted molar refractivity (Wildman–Crippen MR) is 122 cm³/mol. The summed E-state index contributed by atoms with van der Waals surface area (Å²) < 4.78 is 11.3. The van der Waals surface area contributed by atoms with Crippen LogP contribution in [0.1, 0.15) is 39.6 Å². The quantitative estimate of drug-likeness (QED) is 0.468. The first-order valence-electron chi connectivity index (χ1n) is 10.4. The normalized spacial score (nSPS) is 11.5. The van der Waals surface area contributed by atoms with Crippen molar-refractivity contribution in [2.75, 3.05) is 13.7 Å². The number of benzene rings is 3. The minimum atomic E-state index is -0.906. The van der Waals surface area contributed by atoms with Crippen molar-refractivity contribution in [2.24, 2.45) is 0 Å². The summed E-state index contributed by atoms with van der Waals surface area (Å²) in [4.78, 5) is 24.1. The molecule has 0 saturated carbocycles. The van der Waals surface area contributed by atoms with Gasteiger partial charge in [0.05, 0.1) is 6.10 Å². The third kappa shape index (κ3) is 6.68. The van der Waals surface area contributed by atoms with E-state index in [1.807, 2.05) is 66.7 Å². The molecule has 0 heterocycles. The van der Waals surface area contributed by atoms with Gasteiger partial charge in [0.15, 0.2) is 0 Å². The number of para-hydroxylation sites is 1. The maximum Gasteiger partial charge on any atom is 0.303 e. The maximum absolute atomic E-state index is 13.0. The second-order valence-corrected chi connectivity index (χ2v) is 7.33. The Hall–Kier alpha value is -3.64. The summed E-state index contributed by atoms with van der Waals surface area (Å²) in [7, 11) is 1.60. The third-order valence-corrected chi connectivity index (χ3v) is 5.08. The highest BCUT2D eigenvalue weighted by Crippen LogP contribution is 2.19. The van der Waals surface area contributed by atoms with Gasteiger partial charge < -0.3 is 19.9 Å². The van der Waals surface area contributed by atoms with Gasteiger partial charge in [-0.05, 0) is 41.3 Å². The van der Waals surface area contributed by atoms with Crippen molar-refractivity contribution < 1.29 is 24.2 Å². The second-order valence-electron chi connectivity index (χ2n) is 7.33. The number of amides is 1. The van der Waals surface area contributed by atoms with Crippen molar-refractivity contribution in [3.63, 3.8) is 0 Å². The molecule has 0 saturated heterocycles. The summed E-state index contributed by atoms with van der Waals surface area (Å²) >= 11 is 0. The van der Waals surface area contributed by atoms with Crippen LogP contribution in [0.5, 0.6) is 5.75 Å². The lowest BCUT2D eigenvalue weighted by Crippen LogP contribution is -2.30. The Morgan fingerprint density at radius 2 is 1.66 bits per heavy atom. The average Bonchev–Trinajstić information content (AvgIpc) is 2.83. The van der Waals surface area contributed by atoms with Crippen LogP contribution in [-0.4, -0.2) is 30.6 Å². The van der Waals surface area contributed by atoms with E-state index in [1.165, 1.54) is 0 Å². The number of carbonyl (C=O) groups is 2. The zero-order valence-corrected chi connectivity index (χ0v) is 18.0. The molecule has 0 aliphatic carbocycles. The fourth-order valence-corrected chi connectivity index (χ4v) is 3.35. The Labute approximate surface area is 187 Å². The molecular formula is C26H27NO5. The summed E-state index contributed by atoms with van der Waals surface area (Å²) in [6.45, 7) is 0.594. The zero-order valence-electron chi connectivity index (χ0n) is 18.0. The molecule has 0 spiro atoms. The van der Waals surface area contributed by atoms with Gasteiger partial charge in [0.25, 0.3) is 5.91 Å². The molecule has 3 aromatic rings. The first-order valence-corrected chi connectivity index (χ1v) is 10.4. The number of nitrogens with one attached hydrogen (secondary N) is 1. The molecule has 1 atom stereocenters. The number of hydrogen-bond donors (Lipinski definition) is 2. The Kier molecular flexibility index (Phi) is 8.40. The highest BCUT2D eigenvalue weighted by Gasteiger charge is 2.17. The first-order chi connectivity index (χ1) is 15.6. The van der Waals surface area contributed by atoms with Gasteiger partial charge in [0.2, 0.25) is 0 Å². The SMILES string of the molecule is COC(CNC(=O)c1cc(COc2ccccc2)ccc1CCC(=O)O)c1ccccc1. The Bertz CT molecular complexity index is 1020. The van der Waals surface area contributed by atoms with E-state index in [0.717, 1.165) is 16.9 Å². The molecule has 1 amide bonds. The molecule has 6 nitrogen and oxygen atoms in total. The number of ether oxygens (including phenoxy) is 2. The number of carbonyl (C=O) groups excluding carboxylic acids is 1. The van der Waals surface area contributed by atoms with Crippen molar-refractivity contribution >= 4 is 11.9 Å². The van der Waals surface area contributed by atoms with Gasteiger partial charge in [-0.25, -0.2) is 0 Å². The molecule has 0 aliphatic heterocycles. The van der Waals surface area contributed by atoms with Crippen LogP contribution in [0.3, 0.4) is 0 Å². The molecule has 0 aromatic heterocycles. The van der Waals surface area contributed by atoms with E-state index in [0.29, 0.717) is 24.3 Å². The molecule has 32 heavy (non-hydrogen) atoms. The van der Waals surface area contributed by atoms with E-state index < -0.39 is 5.97 Å². The lowest BCUT2D eigenvalue weighted by atomic mass is 9.99. The molecular weight excluding hydrogens is 406 g/mol. The van der Waals surface area contributed by atoms with Crippen LogP contribution in [0.4, 0.5) is 0 Å². The molecule has 0 fully saturated rings. The summed E-state index contributed by atoms with van der Waals surface area (Å²) in [6, 6.07) is 24.5. The maximum atomic E-state index is 13.0. The molecule has 3 aromatic carbocycles. The van der Waals surface area contributed by atoms with Crippen LogP contribution in [0.15, 0.2) is 78.9 Å². The highest BCUT2D eigenvalue weighted by atomic mass is 16.5. The van der Waals surface area contributed by atoms with E-state index in [-0.39, 0.29) is 24.9 Å². The Morgan fingerprint density at radius 1 is 0.969 bits per heavy atom. The Balaban J connectivity index is 1.74. The minimum absolute atomic E-state index is 0.0507. The number of hydrogen-bond acceptors (Lipinski definition) is 4. The first kappa shape index (κ1) is 23.0. The van der Waals surface area contributed by atoms with E-state index in [9.17, 15) is 9.59 Å². The van der Waals surface area contributed by atoms with E-state index in [1.54, 1.807) is 19.2 Å². The van der Waals surface area contributed by atoms with Crippen molar-refractivity contribution in [3.8, 4) is 5.75 Å². The summed E-state index contributed by atoms with van der Waals surface area (Å²) in [5.74, 6) is -0.444. The van der Waals surface area contributed by atoms with Gasteiger partial charge in [-0.15, -0.1) is 0 Å². The van der Waals surface area contributed by atoms with Gasteiger partial charge in [0.1, 0.15) is 12.4 Å². The summed E-state index contributed by atoms with van der Waals surface area (Å²) in [6.07, 6.45) is -0.0676. The van der Waals surface area contributed by atoms with E-state index >= 15 is 0 Å². The largest absolute Gasteiger partial charge is 0.489 e. The fraction of sp³-hybridized carbons (Fsp3) is 0.231. The number of rotatable bonds is 11. The molecule has 0 bridgehead atoms. The number of carboxylic acid groups (broad SMARTS) is 1. The van der Waals surface area contributed by atoms with Crippen LogP contribution < -0.4 is 10.1 Å². The molecule has 2 N–H and O–H groups in total. The lowest BCUT2D eigenvalue weighted by Gasteiger charge is -2.18. The molecule has 1 unspecified atom stereocenters. The molecule has 0 aliphatic rings. The summed E-state index contributed by atoms with van der Waals surface area (Å²) in [5, 5.41) is 12.0. The van der Waals surface area contributed by atoms with Crippen molar-refractivity contribution in [2.45, 2.75) is 25.6 Å². The number of carboxylic acids is 1. The van der Waals surface area contributed by atoms with Gasteiger partial charge in [0, 0.05) is 25.6 Å². The van der Waals surface area contributed by atoms with Crippen LogP contribution in [0.2, 0.25) is 0 Å². The topological polar surface area (TPSA) is 84.9 Å². The number of aryl methyl sites for hydroxylation is 1. The molecule has 6 heteroatoms. The van der Waals surface area contributed by atoms with Crippen LogP contribution in [0.25, 0.3) is 0 Å². The van der Waals surface area contributed by atoms with Gasteiger partial charge in [-0.2, -0.15) is 0 Å². The van der Waals surface area contributed by atoms with Crippen LogP contribution >= 0.6 is 0 Å². The van der Waals surface area contributed by atoms with Gasteiger partial charge in [-0.3, -0.25) is 9.59 Å². The monoisotopic (exact) mass is 433 g/mol. The zero-order chi connectivity index (χ0) is 22.8. The summed E-state index contributed by atoms with van der Waals surface area (Å²) in [5.41, 5.74) is 2.92. The standard InChI is InChI=1S/C26H27NO5/c1-31-24(21-8-4-2-5-9-21)17-27-26(30)23-16-19(12-13-20(23)14-15-25(28)29)18-32-22-10-6-3-7-11-22/h2-13,16,24H,14-15,17-18H2,1H3,(H,27,30)(H,28,29). The van der Waals surface area contributed by atoms with Crippen molar-refractivity contribution in [1.82, 2.24) is 5.32 Å². The minimum Gasteiger partial charge on any atom is -0.489 e. The lowest BCUT2D eigenvalue weighted by molar-refractivity contribution is -0.136. The van der Waals surface area contributed by atoms with Crippen molar-refractivity contribution in [3.05, 3.63) is 101 Å². The van der Waals surface area contributed by atoms with Crippen LogP contribution in [0, 0.1) is 0 Å². The fourth-order valence-electron chi connectivity index (χ4n) is 3.35. The van der Waals surface area contributed by atoms with E-state index in [2.05, 4.69) is 5.32 Å². The van der Waals surface area contributed by atoms with Crippen molar-refractivity contribution in [1.29, 1.82) is 0 Å². The smallest absolute Gasteiger partial charge is 0.303 e. The second kappa shape index (κ2) is 11.7. The van der Waals surface area contributed by atoms with Gasteiger partial charge >= 0.3 is 5.97 Å². The van der Waals surface area contributed by atoms with Gasteiger partial charge in [-0.1, -0.05) is 60.7 Å². The molecule has 3 rings (SSSR count). The van der Waals surface area contributed by atoms with E-state index in [4.69, 9.17) is 14.6 Å². The van der Waals surface area contributed by atoms with Crippen LogP contribution in [-0.2, 0) is 22.6 Å². The molecule has 0 radical (unpaired) electrons. The number of aliphatic carboxylic acids is 1. The predicted octanol–water partition coefficient (Wildman–Crippen LogP) is 4.40. The highest BCUT2D eigenvalue weighted by molar-refractivity contribution is 5.96. The average molecular weight is 434 g/mol. The Morgan fingerprint density at radius 3 is 2.31 bits per heavy atom. The molecule has 166 valence electrons. The third-order valence-electron chi connectivity index (χ3n) is 5.08.